The summed E-state index contributed by atoms with van der Waals surface area (Å²) in [7, 11) is 0. The Morgan fingerprint density at radius 3 is 2.21 bits per heavy atom. The van der Waals surface area contributed by atoms with Gasteiger partial charge in [0.05, 0.1) is 12.9 Å². The van der Waals surface area contributed by atoms with E-state index in [2.05, 4.69) is 30.0 Å². The first-order chi connectivity index (χ1) is 6.85. The standard InChI is InChI=1S/C9H10.C4H8O/c1-2-6-9-7-4-3-5-8-9;1-3-5-4-2/h2-5,7-8H,1,6H2;3H,1,4H2,2H3. The van der Waals surface area contributed by atoms with Crippen molar-refractivity contribution in [1.29, 1.82) is 0 Å². The average molecular weight is 190 g/mol. The van der Waals surface area contributed by atoms with Crippen LogP contribution in [0.4, 0.5) is 0 Å². The highest BCUT2D eigenvalue weighted by atomic mass is 16.5. The van der Waals surface area contributed by atoms with Crippen molar-refractivity contribution in [2.45, 2.75) is 13.3 Å². The van der Waals surface area contributed by atoms with Crippen molar-refractivity contribution in [2.75, 3.05) is 6.61 Å². The maximum absolute atomic E-state index is 4.60. The third kappa shape index (κ3) is 7.17. The summed E-state index contributed by atoms with van der Waals surface area (Å²) in [5.41, 5.74) is 1.33. The van der Waals surface area contributed by atoms with Gasteiger partial charge >= 0.3 is 0 Å². The summed E-state index contributed by atoms with van der Waals surface area (Å²) < 4.78 is 4.60. The smallest absolute Gasteiger partial charge is 0.0844 e. The van der Waals surface area contributed by atoms with Crippen molar-refractivity contribution in [1.82, 2.24) is 0 Å². The Bertz CT molecular complexity index is 239. The molecule has 0 saturated heterocycles. The van der Waals surface area contributed by atoms with Gasteiger partial charge in [-0.05, 0) is 18.9 Å². The molecule has 0 bridgehead atoms. The Balaban J connectivity index is 0.000000292. The summed E-state index contributed by atoms with van der Waals surface area (Å²) in [6, 6.07) is 10.3. The fraction of sp³-hybridized carbons (Fsp3) is 0.231. The molecule has 76 valence electrons. The van der Waals surface area contributed by atoms with Gasteiger partial charge in [-0.2, -0.15) is 0 Å². The lowest BCUT2D eigenvalue weighted by atomic mass is 10.2. The van der Waals surface area contributed by atoms with Crippen LogP contribution in [0.1, 0.15) is 12.5 Å². The van der Waals surface area contributed by atoms with Gasteiger partial charge in [0.1, 0.15) is 0 Å². The van der Waals surface area contributed by atoms with Crippen molar-refractivity contribution in [2.24, 2.45) is 0 Å². The van der Waals surface area contributed by atoms with E-state index in [0.29, 0.717) is 0 Å². The van der Waals surface area contributed by atoms with Crippen molar-refractivity contribution >= 4 is 0 Å². The van der Waals surface area contributed by atoms with Gasteiger partial charge in [-0.1, -0.05) is 43.0 Å². The number of rotatable bonds is 4. The molecule has 0 spiro atoms. The molecule has 1 aromatic rings. The molecule has 0 radical (unpaired) electrons. The molecule has 14 heavy (non-hydrogen) atoms. The van der Waals surface area contributed by atoms with E-state index in [-0.39, 0.29) is 0 Å². The molecule has 0 aliphatic carbocycles. The zero-order valence-corrected chi connectivity index (χ0v) is 8.78. The fourth-order valence-corrected chi connectivity index (χ4v) is 0.899. The minimum Gasteiger partial charge on any atom is -0.502 e. The molecule has 0 aromatic heterocycles. The van der Waals surface area contributed by atoms with Crippen LogP contribution in [0, 0.1) is 0 Å². The van der Waals surface area contributed by atoms with Gasteiger partial charge in [-0.25, -0.2) is 0 Å². The van der Waals surface area contributed by atoms with E-state index < -0.39 is 0 Å². The maximum atomic E-state index is 4.60. The van der Waals surface area contributed by atoms with Crippen LogP contribution in [0.3, 0.4) is 0 Å². The van der Waals surface area contributed by atoms with Gasteiger partial charge in [-0.15, -0.1) is 6.58 Å². The molecular formula is C13H18O. The molecule has 0 fully saturated rings. The first-order valence-corrected chi connectivity index (χ1v) is 4.72. The van der Waals surface area contributed by atoms with Gasteiger partial charge in [0.15, 0.2) is 0 Å². The summed E-state index contributed by atoms with van der Waals surface area (Å²) in [5.74, 6) is 0. The Hall–Kier alpha value is -1.50. The van der Waals surface area contributed by atoms with Crippen LogP contribution in [0.2, 0.25) is 0 Å². The number of hydrogen-bond donors (Lipinski definition) is 0. The SMILES string of the molecule is C=CCc1ccccc1.C=COCC. The van der Waals surface area contributed by atoms with E-state index in [4.69, 9.17) is 0 Å². The van der Waals surface area contributed by atoms with Crippen LogP contribution in [-0.4, -0.2) is 6.61 Å². The summed E-state index contributed by atoms with van der Waals surface area (Å²) in [6.07, 6.45) is 4.32. The lowest BCUT2D eigenvalue weighted by Gasteiger charge is -1.91. The second-order valence-electron chi connectivity index (χ2n) is 2.60. The van der Waals surface area contributed by atoms with Crippen molar-refractivity contribution < 1.29 is 4.74 Å². The molecule has 0 unspecified atom stereocenters. The zero-order chi connectivity index (χ0) is 10.6. The highest BCUT2D eigenvalue weighted by Gasteiger charge is 1.82. The lowest BCUT2D eigenvalue weighted by molar-refractivity contribution is 0.270. The molecule has 1 nitrogen and oxygen atoms in total. The average Bonchev–Trinajstić information content (AvgIpc) is 2.22. The molecule has 1 aromatic carbocycles. The van der Waals surface area contributed by atoms with Crippen molar-refractivity contribution in [3.05, 3.63) is 61.4 Å². The zero-order valence-electron chi connectivity index (χ0n) is 8.78. The van der Waals surface area contributed by atoms with E-state index >= 15 is 0 Å². The van der Waals surface area contributed by atoms with Gasteiger partial charge in [0, 0.05) is 0 Å². The van der Waals surface area contributed by atoms with Crippen LogP contribution in [0.15, 0.2) is 55.8 Å². The molecule has 0 aliphatic rings. The minimum atomic E-state index is 0.726. The van der Waals surface area contributed by atoms with E-state index in [1.165, 1.54) is 11.8 Å². The molecular weight excluding hydrogens is 172 g/mol. The Labute approximate surface area is 86.7 Å². The van der Waals surface area contributed by atoms with E-state index in [9.17, 15) is 0 Å². The first kappa shape index (κ1) is 12.5. The van der Waals surface area contributed by atoms with Crippen LogP contribution < -0.4 is 0 Å². The van der Waals surface area contributed by atoms with Crippen LogP contribution in [-0.2, 0) is 11.2 Å². The number of allylic oxidation sites excluding steroid dienone is 1. The molecule has 1 rings (SSSR count). The topological polar surface area (TPSA) is 9.23 Å². The molecule has 0 amide bonds. The highest BCUT2D eigenvalue weighted by molar-refractivity contribution is 5.16. The first-order valence-electron chi connectivity index (χ1n) is 4.72. The Morgan fingerprint density at radius 2 is 1.86 bits per heavy atom. The third-order valence-corrected chi connectivity index (χ3v) is 1.51. The normalized spacial score (nSPS) is 8.07. The van der Waals surface area contributed by atoms with Crippen molar-refractivity contribution in [3.63, 3.8) is 0 Å². The predicted molar refractivity (Wildman–Crippen MR) is 62.2 cm³/mol. The van der Waals surface area contributed by atoms with Gasteiger partial charge in [-0.3, -0.25) is 0 Å². The Morgan fingerprint density at radius 1 is 1.21 bits per heavy atom. The second kappa shape index (κ2) is 9.59. The lowest BCUT2D eigenvalue weighted by Crippen LogP contribution is -1.75. The molecule has 0 heterocycles. The van der Waals surface area contributed by atoms with Crippen LogP contribution in [0.25, 0.3) is 0 Å². The van der Waals surface area contributed by atoms with Crippen LogP contribution >= 0.6 is 0 Å². The molecule has 0 atom stereocenters. The number of benzene rings is 1. The van der Waals surface area contributed by atoms with Gasteiger partial charge < -0.3 is 4.74 Å². The van der Waals surface area contributed by atoms with E-state index in [0.717, 1.165) is 13.0 Å². The van der Waals surface area contributed by atoms with Crippen molar-refractivity contribution in [3.8, 4) is 0 Å². The minimum absolute atomic E-state index is 0.726. The Kier molecular flexibility index (Phi) is 8.56. The summed E-state index contributed by atoms with van der Waals surface area (Å²) in [5, 5.41) is 0. The summed E-state index contributed by atoms with van der Waals surface area (Å²) >= 11 is 0. The van der Waals surface area contributed by atoms with Gasteiger partial charge in [0.2, 0.25) is 0 Å². The summed E-state index contributed by atoms with van der Waals surface area (Å²) in [6.45, 7) is 9.63. The molecule has 1 heteroatoms. The van der Waals surface area contributed by atoms with E-state index in [1.807, 2.05) is 31.2 Å². The molecule has 0 N–H and O–H groups in total. The number of hydrogen-bond acceptors (Lipinski definition) is 1. The maximum Gasteiger partial charge on any atom is 0.0844 e. The van der Waals surface area contributed by atoms with Gasteiger partial charge in [0.25, 0.3) is 0 Å². The highest BCUT2D eigenvalue weighted by Crippen LogP contribution is 1.98. The predicted octanol–water partition coefficient (Wildman–Crippen LogP) is 3.58. The fourth-order valence-electron chi connectivity index (χ4n) is 0.899. The summed E-state index contributed by atoms with van der Waals surface area (Å²) in [4.78, 5) is 0. The van der Waals surface area contributed by atoms with Crippen LogP contribution in [0.5, 0.6) is 0 Å². The largest absolute Gasteiger partial charge is 0.502 e. The number of ether oxygens (including phenoxy) is 1. The second-order valence-corrected chi connectivity index (χ2v) is 2.60. The van der Waals surface area contributed by atoms with E-state index in [1.54, 1.807) is 0 Å². The quantitative estimate of drug-likeness (QED) is 0.521. The molecule has 0 saturated carbocycles. The molecule has 0 aliphatic heterocycles. The third-order valence-electron chi connectivity index (χ3n) is 1.51. The monoisotopic (exact) mass is 190 g/mol.